The van der Waals surface area contributed by atoms with Crippen LogP contribution in [0.2, 0.25) is 0 Å². The highest BCUT2D eigenvalue weighted by Crippen LogP contribution is 2.17. The molecule has 0 amide bonds. The topological polar surface area (TPSA) is 46.2 Å². The van der Waals surface area contributed by atoms with Gasteiger partial charge in [-0.05, 0) is 30.7 Å². The van der Waals surface area contributed by atoms with Crippen molar-refractivity contribution in [3.05, 3.63) is 29.3 Å². The van der Waals surface area contributed by atoms with Crippen molar-refractivity contribution < 1.29 is 14.6 Å². The summed E-state index contributed by atoms with van der Waals surface area (Å²) in [5.41, 5.74) is 0.965. The zero-order valence-corrected chi connectivity index (χ0v) is 6.96. The van der Waals surface area contributed by atoms with Crippen LogP contribution in [-0.4, -0.2) is 13.1 Å². The zero-order chi connectivity index (χ0) is 9.14. The molecule has 0 unspecified atom stereocenters. The van der Waals surface area contributed by atoms with Gasteiger partial charge in [0, 0.05) is 0 Å². The van der Waals surface area contributed by atoms with E-state index < -0.39 is 5.97 Å². The molecule has 0 spiro atoms. The summed E-state index contributed by atoms with van der Waals surface area (Å²) in [6, 6.07) is 4.34. The second-order valence-corrected chi connectivity index (χ2v) is 2.47. The second kappa shape index (κ2) is 3.26. The molecule has 0 fully saturated rings. The smallest absolute Gasteiger partial charge is 0.337 e. The summed E-state index contributed by atoms with van der Waals surface area (Å²) >= 11 is 0. The summed E-state index contributed by atoms with van der Waals surface area (Å²) in [6.45, 7) is 1.66. The van der Waals surface area contributed by atoms with Crippen LogP contribution in [-0.2, 0) is 9.84 Å². The number of ether oxygens (including phenoxy) is 1. The number of benzene rings is 1. The van der Waals surface area contributed by atoms with Gasteiger partial charge in [0.25, 0.3) is 0 Å². The van der Waals surface area contributed by atoms with Crippen molar-refractivity contribution in [3.8, 4) is 5.75 Å². The van der Waals surface area contributed by atoms with Gasteiger partial charge in [-0.3, -0.25) is 5.11 Å². The number of methoxy groups -OCH3 is 1. The standard InChI is InChI=1S/C9H9O3/c1-6-5-7(9(11)12-2)3-4-8(6)10/h3-5H,1-2H3. The van der Waals surface area contributed by atoms with E-state index in [0.29, 0.717) is 11.1 Å². The minimum Gasteiger partial charge on any atom is -0.465 e. The minimum atomic E-state index is -0.418. The molecule has 0 saturated heterocycles. The van der Waals surface area contributed by atoms with E-state index in [1.165, 1.54) is 25.3 Å². The molecular formula is C9H9O3. The van der Waals surface area contributed by atoms with Crippen molar-refractivity contribution in [2.45, 2.75) is 6.92 Å². The summed E-state index contributed by atoms with van der Waals surface area (Å²) < 4.78 is 4.49. The molecule has 0 aliphatic carbocycles. The molecule has 1 rings (SSSR count). The second-order valence-electron chi connectivity index (χ2n) is 2.47. The molecule has 12 heavy (non-hydrogen) atoms. The first-order valence-electron chi connectivity index (χ1n) is 3.51. The first-order chi connectivity index (χ1) is 5.65. The Labute approximate surface area is 70.6 Å². The van der Waals surface area contributed by atoms with Gasteiger partial charge in [-0.25, -0.2) is 4.79 Å². The van der Waals surface area contributed by atoms with Crippen LogP contribution in [0.3, 0.4) is 0 Å². The molecule has 1 aromatic rings. The lowest BCUT2D eigenvalue weighted by Gasteiger charge is -1.99. The predicted octanol–water partition coefficient (Wildman–Crippen LogP) is 1.93. The Kier molecular flexibility index (Phi) is 2.33. The highest BCUT2D eigenvalue weighted by Gasteiger charge is 2.06. The molecule has 0 atom stereocenters. The van der Waals surface area contributed by atoms with Crippen LogP contribution in [0.5, 0.6) is 5.75 Å². The van der Waals surface area contributed by atoms with Crippen molar-refractivity contribution in [3.63, 3.8) is 0 Å². The maximum atomic E-state index is 11.0. The largest absolute Gasteiger partial charge is 0.465 e. The van der Waals surface area contributed by atoms with Gasteiger partial charge in [0.15, 0.2) is 5.75 Å². The fourth-order valence-corrected chi connectivity index (χ4v) is 0.894. The quantitative estimate of drug-likeness (QED) is 0.597. The van der Waals surface area contributed by atoms with Gasteiger partial charge in [-0.2, -0.15) is 0 Å². The van der Waals surface area contributed by atoms with E-state index in [-0.39, 0.29) is 5.75 Å². The van der Waals surface area contributed by atoms with Crippen LogP contribution in [0.15, 0.2) is 18.2 Å². The summed E-state index contributed by atoms with van der Waals surface area (Å²) in [5.74, 6) is -0.485. The van der Waals surface area contributed by atoms with Crippen LogP contribution < -0.4 is 0 Å². The fraction of sp³-hybridized carbons (Fsp3) is 0.222. The number of hydrogen-bond acceptors (Lipinski definition) is 2. The fourth-order valence-electron chi connectivity index (χ4n) is 0.894. The van der Waals surface area contributed by atoms with Crippen molar-refractivity contribution in [2.24, 2.45) is 0 Å². The molecule has 0 aliphatic rings. The van der Waals surface area contributed by atoms with Crippen molar-refractivity contribution >= 4 is 5.97 Å². The molecule has 0 saturated carbocycles. The van der Waals surface area contributed by atoms with Gasteiger partial charge in [0.2, 0.25) is 0 Å². The Balaban J connectivity index is 3.05. The molecule has 1 radical (unpaired) electrons. The van der Waals surface area contributed by atoms with Crippen molar-refractivity contribution in [2.75, 3.05) is 7.11 Å². The summed E-state index contributed by atoms with van der Waals surface area (Å²) in [7, 11) is 1.31. The van der Waals surface area contributed by atoms with Gasteiger partial charge in [-0.1, -0.05) is 0 Å². The van der Waals surface area contributed by atoms with E-state index >= 15 is 0 Å². The Morgan fingerprint density at radius 3 is 2.58 bits per heavy atom. The number of carbonyl (C=O) groups excluding carboxylic acids is 1. The monoisotopic (exact) mass is 165 g/mol. The highest BCUT2D eigenvalue weighted by atomic mass is 16.5. The molecule has 3 heteroatoms. The Morgan fingerprint density at radius 2 is 2.08 bits per heavy atom. The number of esters is 1. The number of aryl methyl sites for hydroxylation is 1. The Hall–Kier alpha value is -1.51. The number of rotatable bonds is 1. The highest BCUT2D eigenvalue weighted by molar-refractivity contribution is 5.89. The molecule has 0 bridgehead atoms. The number of carbonyl (C=O) groups is 1. The maximum absolute atomic E-state index is 11.0. The molecule has 0 N–H and O–H groups in total. The van der Waals surface area contributed by atoms with E-state index in [2.05, 4.69) is 4.74 Å². The molecule has 0 aromatic heterocycles. The van der Waals surface area contributed by atoms with Gasteiger partial charge in [-0.15, -0.1) is 0 Å². The molecule has 0 heterocycles. The Bertz CT molecular complexity index is 305. The predicted molar refractivity (Wildman–Crippen MR) is 42.7 cm³/mol. The Morgan fingerprint density at radius 1 is 1.42 bits per heavy atom. The van der Waals surface area contributed by atoms with Crippen LogP contribution in [0, 0.1) is 6.92 Å². The van der Waals surface area contributed by atoms with Crippen LogP contribution in [0.4, 0.5) is 0 Å². The molecular weight excluding hydrogens is 156 g/mol. The van der Waals surface area contributed by atoms with E-state index in [9.17, 15) is 9.90 Å². The zero-order valence-electron chi connectivity index (χ0n) is 6.96. The first kappa shape index (κ1) is 8.59. The van der Waals surface area contributed by atoms with E-state index in [1.807, 2.05) is 0 Å². The van der Waals surface area contributed by atoms with Gasteiger partial charge >= 0.3 is 5.97 Å². The maximum Gasteiger partial charge on any atom is 0.337 e. The van der Waals surface area contributed by atoms with Crippen molar-refractivity contribution in [1.82, 2.24) is 0 Å². The summed E-state index contributed by atoms with van der Waals surface area (Å²) in [5, 5.41) is 10.9. The average molecular weight is 165 g/mol. The summed E-state index contributed by atoms with van der Waals surface area (Å²) in [6.07, 6.45) is 0. The SMILES string of the molecule is COC(=O)c1ccc([O])c(C)c1. The lowest BCUT2D eigenvalue weighted by molar-refractivity contribution is 0.0600. The number of hydrogen-bond donors (Lipinski definition) is 0. The van der Waals surface area contributed by atoms with E-state index in [0.717, 1.165) is 0 Å². The molecule has 63 valence electrons. The van der Waals surface area contributed by atoms with Gasteiger partial charge in [0.1, 0.15) is 0 Å². The van der Waals surface area contributed by atoms with Crippen LogP contribution in [0.25, 0.3) is 0 Å². The summed E-state index contributed by atoms with van der Waals surface area (Å²) in [4.78, 5) is 11.0. The first-order valence-corrected chi connectivity index (χ1v) is 3.51. The lowest BCUT2D eigenvalue weighted by Crippen LogP contribution is -2.00. The molecule has 3 nitrogen and oxygen atoms in total. The third-order valence-corrected chi connectivity index (χ3v) is 1.60. The lowest BCUT2D eigenvalue weighted by atomic mass is 10.1. The third-order valence-electron chi connectivity index (χ3n) is 1.60. The van der Waals surface area contributed by atoms with Crippen LogP contribution in [0.1, 0.15) is 15.9 Å². The van der Waals surface area contributed by atoms with Crippen molar-refractivity contribution in [1.29, 1.82) is 0 Å². The van der Waals surface area contributed by atoms with Gasteiger partial charge < -0.3 is 4.74 Å². The van der Waals surface area contributed by atoms with Gasteiger partial charge in [0.05, 0.1) is 12.7 Å². The average Bonchev–Trinajstić information content (AvgIpc) is 2.08. The van der Waals surface area contributed by atoms with E-state index in [4.69, 9.17) is 0 Å². The van der Waals surface area contributed by atoms with E-state index in [1.54, 1.807) is 6.92 Å². The molecule has 0 aliphatic heterocycles. The minimum absolute atomic E-state index is 0.0670. The normalized spacial score (nSPS) is 9.50. The molecule has 1 aromatic carbocycles. The third kappa shape index (κ3) is 1.56. The van der Waals surface area contributed by atoms with Crippen LogP contribution >= 0.6 is 0 Å².